The van der Waals surface area contributed by atoms with Crippen LogP contribution >= 0.6 is 11.3 Å². The maximum Gasteiger partial charge on any atom is 0.318 e. The van der Waals surface area contributed by atoms with E-state index in [-0.39, 0.29) is 31.6 Å². The monoisotopic (exact) mass is 428 g/mol. The Morgan fingerprint density at radius 2 is 2.00 bits per heavy atom. The van der Waals surface area contributed by atoms with Crippen LogP contribution in [0.5, 0.6) is 0 Å². The first-order valence-electron chi connectivity index (χ1n) is 9.54. The number of hydrogen-bond acceptors (Lipinski definition) is 6. The average Bonchev–Trinajstić information content (AvgIpc) is 3.29. The van der Waals surface area contributed by atoms with Gasteiger partial charge in [-0.1, -0.05) is 25.3 Å². The number of rotatable bonds is 6. The van der Waals surface area contributed by atoms with Gasteiger partial charge in [0.25, 0.3) is 0 Å². The highest BCUT2D eigenvalue weighted by Crippen LogP contribution is 2.28. The highest BCUT2D eigenvalue weighted by Gasteiger charge is 2.44. The van der Waals surface area contributed by atoms with Gasteiger partial charge in [0.05, 0.1) is 30.9 Å². The van der Waals surface area contributed by atoms with Gasteiger partial charge in [0, 0.05) is 17.5 Å². The zero-order valence-electron chi connectivity index (χ0n) is 15.9. The number of carboxylic acids is 1. The van der Waals surface area contributed by atoms with Crippen LogP contribution in [-0.4, -0.2) is 60.5 Å². The van der Waals surface area contributed by atoms with Crippen LogP contribution in [0.2, 0.25) is 0 Å². The Hall–Kier alpha value is -1.65. The molecule has 1 N–H and O–H groups in total. The van der Waals surface area contributed by atoms with Gasteiger partial charge < -0.3 is 20.1 Å². The largest absolute Gasteiger partial charge is 0.548 e. The van der Waals surface area contributed by atoms with E-state index >= 15 is 0 Å². The fraction of sp³-hybridized carbons (Fsp3) is 0.667. The number of hydrogen-bond donors (Lipinski definition) is 1. The molecule has 1 aromatic rings. The van der Waals surface area contributed by atoms with E-state index in [1.807, 2.05) is 17.5 Å². The molecule has 2 amide bonds. The smallest absolute Gasteiger partial charge is 0.318 e. The highest BCUT2D eigenvalue weighted by molar-refractivity contribution is 7.88. The third-order valence-corrected chi connectivity index (χ3v) is 7.61. The van der Waals surface area contributed by atoms with Crippen LogP contribution in [0.25, 0.3) is 0 Å². The van der Waals surface area contributed by atoms with Crippen molar-refractivity contribution in [2.45, 2.75) is 63.2 Å². The zero-order chi connectivity index (χ0) is 20.3. The molecule has 2 fully saturated rings. The van der Waals surface area contributed by atoms with E-state index in [4.69, 9.17) is 0 Å². The van der Waals surface area contributed by atoms with E-state index in [0.717, 1.165) is 47.5 Å². The number of amides is 2. The number of sulfonamides is 1. The predicted octanol–water partition coefficient (Wildman–Crippen LogP) is 0.745. The van der Waals surface area contributed by atoms with Crippen LogP contribution in [-0.2, 0) is 21.4 Å². The lowest BCUT2D eigenvalue weighted by Crippen LogP contribution is -2.58. The third kappa shape index (κ3) is 4.84. The first kappa shape index (κ1) is 21.1. The summed E-state index contributed by atoms with van der Waals surface area (Å²) in [5, 5.41) is 16.7. The van der Waals surface area contributed by atoms with Crippen molar-refractivity contribution in [2.75, 3.05) is 12.8 Å². The lowest BCUT2D eigenvalue weighted by atomic mass is 9.95. The van der Waals surface area contributed by atoms with Gasteiger partial charge in [-0.25, -0.2) is 13.2 Å². The van der Waals surface area contributed by atoms with Gasteiger partial charge in [0.2, 0.25) is 10.0 Å². The van der Waals surface area contributed by atoms with E-state index in [1.165, 1.54) is 16.2 Å². The number of carboxylic acid groups (broad SMARTS) is 1. The van der Waals surface area contributed by atoms with Crippen molar-refractivity contribution in [3.05, 3.63) is 22.4 Å². The summed E-state index contributed by atoms with van der Waals surface area (Å²) in [6.45, 7) is 0.294. The Balaban J connectivity index is 1.84. The van der Waals surface area contributed by atoms with Gasteiger partial charge in [-0.05, 0) is 30.7 Å². The second kappa shape index (κ2) is 8.79. The predicted molar refractivity (Wildman–Crippen MR) is 104 cm³/mol. The molecule has 0 unspecified atom stereocenters. The topological polar surface area (TPSA) is 110 Å². The second-order valence-corrected chi connectivity index (χ2v) is 10.5. The summed E-state index contributed by atoms with van der Waals surface area (Å²) >= 11 is 1.47. The molecular formula is C18H26N3O5S2-. The van der Waals surface area contributed by atoms with E-state index < -0.39 is 28.1 Å². The molecular weight excluding hydrogens is 402 g/mol. The van der Waals surface area contributed by atoms with Crippen molar-refractivity contribution in [3.8, 4) is 0 Å². The Morgan fingerprint density at radius 3 is 2.57 bits per heavy atom. The normalized spacial score (nSPS) is 24.2. The fourth-order valence-electron chi connectivity index (χ4n) is 4.14. The molecule has 28 heavy (non-hydrogen) atoms. The maximum absolute atomic E-state index is 13.1. The van der Waals surface area contributed by atoms with E-state index in [2.05, 4.69) is 5.32 Å². The van der Waals surface area contributed by atoms with Crippen LogP contribution in [0, 0.1) is 0 Å². The van der Waals surface area contributed by atoms with Crippen LogP contribution < -0.4 is 10.4 Å². The van der Waals surface area contributed by atoms with Crippen molar-refractivity contribution in [3.63, 3.8) is 0 Å². The van der Waals surface area contributed by atoms with Crippen LogP contribution in [0.15, 0.2) is 17.5 Å². The lowest BCUT2D eigenvalue weighted by Gasteiger charge is -2.36. The number of urea groups is 1. The maximum atomic E-state index is 13.1. The summed E-state index contributed by atoms with van der Waals surface area (Å²) in [4.78, 5) is 27.3. The minimum Gasteiger partial charge on any atom is -0.548 e. The Bertz CT molecular complexity index is 790. The summed E-state index contributed by atoms with van der Waals surface area (Å²) in [5.74, 6) is -1.48. The van der Waals surface area contributed by atoms with Crippen molar-refractivity contribution >= 4 is 33.4 Å². The quantitative estimate of drug-likeness (QED) is 0.719. The molecule has 3 rings (SSSR count). The molecule has 1 aliphatic carbocycles. The van der Waals surface area contributed by atoms with Crippen LogP contribution in [0.1, 0.15) is 43.4 Å². The lowest BCUT2D eigenvalue weighted by molar-refractivity contribution is -0.310. The van der Waals surface area contributed by atoms with Gasteiger partial charge in [-0.2, -0.15) is 4.31 Å². The third-order valence-electron chi connectivity index (χ3n) is 5.49. The van der Waals surface area contributed by atoms with E-state index in [1.54, 1.807) is 0 Å². The molecule has 2 heterocycles. The highest BCUT2D eigenvalue weighted by atomic mass is 32.2. The summed E-state index contributed by atoms with van der Waals surface area (Å²) in [7, 11) is -3.72. The van der Waals surface area contributed by atoms with Gasteiger partial charge in [-0.3, -0.25) is 0 Å². The molecule has 156 valence electrons. The number of nitrogens with one attached hydrogen (secondary N) is 1. The standard InChI is InChI=1S/C18H27N3O5S2/c1-28(25,26)21-10-9-15(16(21)17(22)23)20(12-14-8-5-11-27-14)18(24)19-13-6-3-2-4-7-13/h5,8,11,13,15-16H,2-4,6-7,9-10,12H2,1H3,(H,19,24)(H,22,23)/p-1/t15-,16+/m1/s1. The second-order valence-electron chi connectivity index (χ2n) is 7.49. The fourth-order valence-corrected chi connectivity index (χ4v) is 5.91. The van der Waals surface area contributed by atoms with Crippen LogP contribution in [0.3, 0.4) is 0 Å². The number of aliphatic carboxylic acids is 1. The first-order chi connectivity index (χ1) is 13.3. The zero-order valence-corrected chi connectivity index (χ0v) is 17.5. The molecule has 1 saturated carbocycles. The molecule has 1 aromatic heterocycles. The van der Waals surface area contributed by atoms with Crippen molar-refractivity contribution < 1.29 is 23.1 Å². The Labute approximate surface area is 169 Å². The Morgan fingerprint density at radius 1 is 1.29 bits per heavy atom. The molecule has 8 nitrogen and oxygen atoms in total. The first-order valence-corrected chi connectivity index (χ1v) is 12.3. The summed E-state index contributed by atoms with van der Waals surface area (Å²) in [6.07, 6.45) is 6.33. The van der Waals surface area contributed by atoms with Gasteiger partial charge >= 0.3 is 6.03 Å². The molecule has 2 atom stereocenters. The minimum atomic E-state index is -3.72. The minimum absolute atomic E-state index is 0.0554. The molecule has 2 aliphatic rings. The van der Waals surface area contributed by atoms with Gasteiger partial charge in [0.15, 0.2) is 0 Å². The summed E-state index contributed by atoms with van der Waals surface area (Å²) in [6, 6.07) is 1.32. The van der Waals surface area contributed by atoms with E-state index in [0.29, 0.717) is 0 Å². The molecule has 1 saturated heterocycles. The number of thiophene rings is 1. The van der Waals surface area contributed by atoms with Crippen molar-refractivity contribution in [1.82, 2.24) is 14.5 Å². The average molecular weight is 429 g/mol. The molecule has 0 radical (unpaired) electrons. The SMILES string of the molecule is CS(=O)(=O)N1CC[C@@H](N(Cc2cccs2)C(=O)NC2CCCCC2)[C@H]1C(=O)[O-]. The molecule has 0 bridgehead atoms. The van der Waals surface area contributed by atoms with Gasteiger partial charge in [-0.15, -0.1) is 11.3 Å². The van der Waals surface area contributed by atoms with Gasteiger partial charge in [0.1, 0.15) is 0 Å². The molecule has 0 aromatic carbocycles. The molecule has 1 aliphatic heterocycles. The Kier molecular flexibility index (Phi) is 6.61. The summed E-state index contributed by atoms with van der Waals surface area (Å²) in [5.41, 5.74) is 0. The number of carbonyl (C=O) groups excluding carboxylic acids is 2. The van der Waals surface area contributed by atoms with Crippen molar-refractivity contribution in [1.29, 1.82) is 0 Å². The molecule has 10 heteroatoms. The van der Waals surface area contributed by atoms with Crippen molar-refractivity contribution in [2.24, 2.45) is 0 Å². The number of carbonyl (C=O) groups is 2. The summed E-state index contributed by atoms with van der Waals surface area (Å²) < 4.78 is 25.0. The number of nitrogens with zero attached hydrogens (tertiary/aromatic N) is 2. The molecule has 0 spiro atoms. The van der Waals surface area contributed by atoms with E-state index in [9.17, 15) is 23.1 Å². The van der Waals surface area contributed by atoms with Crippen LogP contribution in [0.4, 0.5) is 4.79 Å².